The molecule has 3 N–H and O–H groups in total. The van der Waals surface area contributed by atoms with Crippen LogP contribution in [0.25, 0.3) is 0 Å². The summed E-state index contributed by atoms with van der Waals surface area (Å²) in [6, 6.07) is 1.83. The molecule has 1 aliphatic rings. The molecule has 0 radical (unpaired) electrons. The van der Waals surface area contributed by atoms with E-state index in [0.29, 0.717) is 5.25 Å². The molecule has 0 amide bonds. The van der Waals surface area contributed by atoms with Crippen molar-refractivity contribution in [1.82, 2.24) is 4.98 Å². The third-order valence-corrected chi connectivity index (χ3v) is 4.30. The van der Waals surface area contributed by atoms with E-state index in [1.165, 1.54) is 32.1 Å². The average molecular weight is 235 g/mol. The SMILES string of the molecule is N=C(N)c1ccncc1SC1CCCCC1. The van der Waals surface area contributed by atoms with Crippen molar-refractivity contribution in [2.45, 2.75) is 42.2 Å². The van der Waals surface area contributed by atoms with Crippen LogP contribution >= 0.6 is 11.8 Å². The van der Waals surface area contributed by atoms with Crippen LogP contribution < -0.4 is 5.73 Å². The lowest BCUT2D eigenvalue weighted by molar-refractivity contribution is 0.516. The third kappa shape index (κ3) is 2.76. The molecular weight excluding hydrogens is 218 g/mol. The predicted molar refractivity (Wildman–Crippen MR) is 68.0 cm³/mol. The first-order valence-electron chi connectivity index (χ1n) is 5.72. The van der Waals surface area contributed by atoms with Gasteiger partial charge in [0.25, 0.3) is 0 Å². The van der Waals surface area contributed by atoms with Crippen LogP contribution in [0.1, 0.15) is 37.7 Å². The Morgan fingerprint density at radius 3 is 2.81 bits per heavy atom. The van der Waals surface area contributed by atoms with Gasteiger partial charge in [0, 0.05) is 28.1 Å². The van der Waals surface area contributed by atoms with E-state index in [9.17, 15) is 0 Å². The van der Waals surface area contributed by atoms with E-state index in [1.807, 2.05) is 24.0 Å². The minimum absolute atomic E-state index is 0.140. The van der Waals surface area contributed by atoms with E-state index in [1.54, 1.807) is 6.20 Å². The number of aromatic nitrogens is 1. The molecular formula is C12H17N3S. The zero-order valence-electron chi connectivity index (χ0n) is 9.28. The molecule has 86 valence electrons. The van der Waals surface area contributed by atoms with Gasteiger partial charge in [-0.25, -0.2) is 0 Å². The fourth-order valence-corrected chi connectivity index (χ4v) is 3.41. The lowest BCUT2D eigenvalue weighted by Gasteiger charge is -2.21. The highest BCUT2D eigenvalue weighted by Crippen LogP contribution is 2.34. The number of hydrogen-bond acceptors (Lipinski definition) is 3. The van der Waals surface area contributed by atoms with E-state index in [4.69, 9.17) is 11.1 Å². The number of amidine groups is 1. The van der Waals surface area contributed by atoms with Crippen molar-refractivity contribution in [2.24, 2.45) is 5.73 Å². The summed E-state index contributed by atoms with van der Waals surface area (Å²) in [5.41, 5.74) is 6.39. The Hall–Kier alpha value is -1.03. The van der Waals surface area contributed by atoms with Crippen LogP contribution in [0.5, 0.6) is 0 Å². The summed E-state index contributed by atoms with van der Waals surface area (Å²) >= 11 is 1.84. The Balaban J connectivity index is 2.10. The third-order valence-electron chi connectivity index (χ3n) is 2.92. The highest BCUT2D eigenvalue weighted by Gasteiger charge is 2.16. The Kier molecular flexibility index (Phi) is 3.83. The molecule has 0 aliphatic heterocycles. The fraction of sp³-hybridized carbons (Fsp3) is 0.500. The Bertz CT molecular complexity index is 372. The van der Waals surface area contributed by atoms with Gasteiger partial charge in [-0.15, -0.1) is 11.8 Å². The molecule has 4 heteroatoms. The second kappa shape index (κ2) is 5.34. The molecule has 1 aliphatic carbocycles. The highest BCUT2D eigenvalue weighted by atomic mass is 32.2. The largest absolute Gasteiger partial charge is 0.384 e. The minimum Gasteiger partial charge on any atom is -0.384 e. The molecule has 0 bridgehead atoms. The van der Waals surface area contributed by atoms with Gasteiger partial charge in [-0.05, 0) is 18.9 Å². The number of nitrogens with zero attached hydrogens (tertiary/aromatic N) is 1. The summed E-state index contributed by atoms with van der Waals surface area (Å²) in [5.74, 6) is 0.140. The van der Waals surface area contributed by atoms with E-state index in [0.717, 1.165) is 10.5 Å². The van der Waals surface area contributed by atoms with E-state index < -0.39 is 0 Å². The van der Waals surface area contributed by atoms with E-state index >= 15 is 0 Å². The van der Waals surface area contributed by atoms with Crippen molar-refractivity contribution in [3.05, 3.63) is 24.0 Å². The molecule has 3 nitrogen and oxygen atoms in total. The molecule has 1 heterocycles. The minimum atomic E-state index is 0.140. The summed E-state index contributed by atoms with van der Waals surface area (Å²) in [6.07, 6.45) is 10.1. The molecule has 2 rings (SSSR count). The summed E-state index contributed by atoms with van der Waals surface area (Å²) in [5, 5.41) is 8.21. The van der Waals surface area contributed by atoms with Crippen molar-refractivity contribution < 1.29 is 0 Å². The summed E-state index contributed by atoms with van der Waals surface area (Å²) in [7, 11) is 0. The topological polar surface area (TPSA) is 62.8 Å². The molecule has 0 saturated heterocycles. The van der Waals surface area contributed by atoms with E-state index in [2.05, 4.69) is 4.98 Å². The highest BCUT2D eigenvalue weighted by molar-refractivity contribution is 8.00. The van der Waals surface area contributed by atoms with Crippen LogP contribution in [0, 0.1) is 5.41 Å². The van der Waals surface area contributed by atoms with Crippen LogP contribution in [-0.2, 0) is 0 Å². The van der Waals surface area contributed by atoms with Gasteiger partial charge in [0.15, 0.2) is 0 Å². The molecule has 1 fully saturated rings. The fourth-order valence-electron chi connectivity index (χ4n) is 2.06. The lowest BCUT2D eigenvalue weighted by atomic mass is 10.0. The molecule has 1 aromatic heterocycles. The number of thioether (sulfide) groups is 1. The van der Waals surface area contributed by atoms with Gasteiger partial charge in [-0.1, -0.05) is 19.3 Å². The van der Waals surface area contributed by atoms with E-state index in [-0.39, 0.29) is 5.84 Å². The Labute approximate surface area is 100 Å². The number of nitrogen functional groups attached to an aromatic ring is 1. The number of pyridine rings is 1. The molecule has 0 unspecified atom stereocenters. The molecule has 1 aromatic rings. The van der Waals surface area contributed by atoms with Gasteiger partial charge < -0.3 is 5.73 Å². The Morgan fingerprint density at radius 1 is 1.38 bits per heavy atom. The number of rotatable bonds is 3. The first kappa shape index (κ1) is 11.5. The maximum absolute atomic E-state index is 7.53. The van der Waals surface area contributed by atoms with Gasteiger partial charge in [0.2, 0.25) is 0 Å². The van der Waals surface area contributed by atoms with Crippen molar-refractivity contribution in [2.75, 3.05) is 0 Å². The number of nitrogens with one attached hydrogen (secondary N) is 1. The van der Waals surface area contributed by atoms with Crippen LogP contribution in [0.4, 0.5) is 0 Å². The number of hydrogen-bond donors (Lipinski definition) is 2. The second-order valence-electron chi connectivity index (χ2n) is 4.16. The molecule has 0 spiro atoms. The average Bonchev–Trinajstić information content (AvgIpc) is 2.31. The quantitative estimate of drug-likeness (QED) is 0.625. The molecule has 0 aromatic carbocycles. The first-order valence-corrected chi connectivity index (χ1v) is 6.60. The Morgan fingerprint density at radius 2 is 2.12 bits per heavy atom. The zero-order chi connectivity index (χ0) is 11.4. The van der Waals surface area contributed by atoms with Crippen molar-refractivity contribution >= 4 is 17.6 Å². The van der Waals surface area contributed by atoms with Gasteiger partial charge >= 0.3 is 0 Å². The monoisotopic (exact) mass is 235 g/mol. The van der Waals surface area contributed by atoms with Crippen LogP contribution in [0.3, 0.4) is 0 Å². The first-order chi connectivity index (χ1) is 7.77. The molecule has 0 atom stereocenters. The van der Waals surface area contributed by atoms with Gasteiger partial charge in [-0.2, -0.15) is 0 Å². The van der Waals surface area contributed by atoms with Crippen molar-refractivity contribution in [3.63, 3.8) is 0 Å². The van der Waals surface area contributed by atoms with Gasteiger partial charge in [0.05, 0.1) is 0 Å². The van der Waals surface area contributed by atoms with Gasteiger partial charge in [0.1, 0.15) is 5.84 Å². The second-order valence-corrected chi connectivity index (χ2v) is 5.51. The lowest BCUT2D eigenvalue weighted by Crippen LogP contribution is -2.14. The maximum Gasteiger partial charge on any atom is 0.124 e. The summed E-state index contributed by atoms with van der Waals surface area (Å²) in [6.45, 7) is 0. The van der Waals surface area contributed by atoms with Crippen LogP contribution in [0.15, 0.2) is 23.4 Å². The maximum atomic E-state index is 7.53. The molecule has 16 heavy (non-hydrogen) atoms. The smallest absolute Gasteiger partial charge is 0.124 e. The normalized spacial score (nSPS) is 17.2. The van der Waals surface area contributed by atoms with Crippen molar-refractivity contribution in [1.29, 1.82) is 5.41 Å². The summed E-state index contributed by atoms with van der Waals surface area (Å²) in [4.78, 5) is 5.18. The van der Waals surface area contributed by atoms with Crippen LogP contribution in [0.2, 0.25) is 0 Å². The predicted octanol–water partition coefficient (Wildman–Crippen LogP) is 2.79. The molecule has 1 saturated carbocycles. The standard InChI is InChI=1S/C12H17N3S/c13-12(14)10-6-7-15-8-11(10)16-9-4-2-1-3-5-9/h6-9H,1-5H2,(H3,13,14). The van der Waals surface area contributed by atoms with Crippen molar-refractivity contribution in [3.8, 4) is 0 Å². The zero-order valence-corrected chi connectivity index (χ0v) is 10.1. The van der Waals surface area contributed by atoms with Crippen LogP contribution in [-0.4, -0.2) is 16.1 Å². The van der Waals surface area contributed by atoms with Gasteiger partial charge in [-0.3, -0.25) is 10.4 Å². The summed E-state index contributed by atoms with van der Waals surface area (Å²) < 4.78 is 0. The number of nitrogens with two attached hydrogens (primary N) is 1.